The molecular formula is C15H29Cl2N2O2P. The van der Waals surface area contributed by atoms with Crippen LogP contribution in [0.2, 0.25) is 0 Å². The molecule has 0 aliphatic heterocycles. The summed E-state index contributed by atoms with van der Waals surface area (Å²) in [6, 6.07) is 0. The van der Waals surface area contributed by atoms with Crippen molar-refractivity contribution in [3.8, 4) is 0 Å². The Kier molecular flexibility index (Phi) is 7.99. The fraction of sp³-hybridized carbons (Fsp3) is 1.00. The summed E-state index contributed by atoms with van der Waals surface area (Å²) in [5.41, 5.74) is 5.92. The van der Waals surface area contributed by atoms with Gasteiger partial charge in [0.05, 0.1) is 6.61 Å². The molecule has 7 heteroatoms. The van der Waals surface area contributed by atoms with Crippen molar-refractivity contribution >= 4 is 30.9 Å². The molecule has 0 aromatic carbocycles. The van der Waals surface area contributed by atoms with Crippen molar-refractivity contribution in [3.63, 3.8) is 0 Å². The summed E-state index contributed by atoms with van der Waals surface area (Å²) in [7, 11) is -3.27. The molecule has 4 atom stereocenters. The monoisotopic (exact) mass is 370 g/mol. The van der Waals surface area contributed by atoms with E-state index in [4.69, 9.17) is 33.2 Å². The van der Waals surface area contributed by atoms with Crippen molar-refractivity contribution in [2.24, 2.45) is 23.3 Å². The number of fused-ring (bicyclic) bond motifs is 1. The van der Waals surface area contributed by atoms with Gasteiger partial charge < -0.3 is 4.52 Å². The Morgan fingerprint density at radius 2 is 1.68 bits per heavy atom. The first kappa shape index (κ1) is 19.0. The molecule has 4 nitrogen and oxygen atoms in total. The van der Waals surface area contributed by atoms with E-state index in [2.05, 4.69) is 0 Å². The number of hydrogen-bond donors (Lipinski definition) is 1. The number of rotatable bonds is 8. The first-order chi connectivity index (χ1) is 10.6. The van der Waals surface area contributed by atoms with Gasteiger partial charge in [0.15, 0.2) is 0 Å². The molecule has 0 heterocycles. The van der Waals surface area contributed by atoms with E-state index < -0.39 is 7.67 Å². The van der Waals surface area contributed by atoms with Crippen molar-refractivity contribution in [1.82, 2.24) is 4.67 Å². The zero-order chi connectivity index (χ0) is 16.0. The van der Waals surface area contributed by atoms with Gasteiger partial charge in [0, 0.05) is 24.8 Å². The van der Waals surface area contributed by atoms with Crippen LogP contribution < -0.4 is 5.50 Å². The fourth-order valence-electron chi connectivity index (χ4n) is 4.00. The Bertz CT molecular complexity index is 381. The van der Waals surface area contributed by atoms with E-state index >= 15 is 0 Å². The van der Waals surface area contributed by atoms with Crippen LogP contribution in [0.3, 0.4) is 0 Å². The van der Waals surface area contributed by atoms with Gasteiger partial charge in [-0.05, 0) is 37.0 Å². The minimum atomic E-state index is -3.27. The molecule has 0 radical (unpaired) electrons. The second-order valence-corrected chi connectivity index (χ2v) is 9.38. The maximum Gasteiger partial charge on any atom is 0.340 e. The van der Waals surface area contributed by atoms with E-state index in [0.29, 0.717) is 37.4 Å². The summed E-state index contributed by atoms with van der Waals surface area (Å²) in [5, 5.41) is 0. The largest absolute Gasteiger partial charge is 0.340 e. The summed E-state index contributed by atoms with van der Waals surface area (Å²) in [4.78, 5) is 0. The van der Waals surface area contributed by atoms with Crippen LogP contribution in [-0.4, -0.2) is 36.1 Å². The van der Waals surface area contributed by atoms with Crippen LogP contribution in [0.4, 0.5) is 0 Å². The number of halogens is 2. The highest BCUT2D eigenvalue weighted by molar-refractivity contribution is 7.53. The Hall–Kier alpha value is 0.690. The standard InChI is InChI=1S/C15H29Cl2N2O2P/c16-7-9-19(10-8-17)22(18,20)21-12-13-5-6-14-3-1-2-4-15(14)11-13/h13-15H,1-12H2,(H2,18,20). The average Bonchev–Trinajstić information content (AvgIpc) is 2.52. The zero-order valence-corrected chi connectivity index (χ0v) is 15.7. The van der Waals surface area contributed by atoms with E-state index in [0.717, 1.165) is 11.8 Å². The van der Waals surface area contributed by atoms with E-state index in [1.807, 2.05) is 0 Å². The minimum Gasteiger partial charge on any atom is -0.306 e. The second kappa shape index (κ2) is 9.25. The van der Waals surface area contributed by atoms with Crippen molar-refractivity contribution in [2.45, 2.75) is 44.9 Å². The Balaban J connectivity index is 1.81. The van der Waals surface area contributed by atoms with Gasteiger partial charge in [-0.3, -0.25) is 4.57 Å². The van der Waals surface area contributed by atoms with E-state index in [9.17, 15) is 4.57 Å². The maximum absolute atomic E-state index is 12.6. The van der Waals surface area contributed by atoms with Gasteiger partial charge in [-0.1, -0.05) is 25.7 Å². The lowest BCUT2D eigenvalue weighted by atomic mass is 9.68. The lowest BCUT2D eigenvalue weighted by Gasteiger charge is -2.39. The van der Waals surface area contributed by atoms with Crippen LogP contribution in [0, 0.1) is 17.8 Å². The van der Waals surface area contributed by atoms with E-state index in [1.54, 1.807) is 4.67 Å². The molecule has 2 fully saturated rings. The van der Waals surface area contributed by atoms with Crippen molar-refractivity contribution in [2.75, 3.05) is 31.5 Å². The highest BCUT2D eigenvalue weighted by atomic mass is 35.5. The summed E-state index contributed by atoms with van der Waals surface area (Å²) < 4.78 is 19.8. The zero-order valence-electron chi connectivity index (χ0n) is 13.3. The molecule has 0 aromatic rings. The van der Waals surface area contributed by atoms with Gasteiger partial charge in [-0.15, -0.1) is 23.2 Å². The number of nitrogens with zero attached hydrogens (tertiary/aromatic N) is 1. The Labute approximate surface area is 144 Å². The van der Waals surface area contributed by atoms with Crippen molar-refractivity contribution in [1.29, 1.82) is 0 Å². The normalized spacial score (nSPS) is 31.7. The molecule has 2 aliphatic rings. The van der Waals surface area contributed by atoms with Crippen LogP contribution in [0.15, 0.2) is 0 Å². The highest BCUT2D eigenvalue weighted by Crippen LogP contribution is 2.46. The number of nitrogens with two attached hydrogens (primary N) is 1. The van der Waals surface area contributed by atoms with Crippen LogP contribution in [-0.2, 0) is 9.09 Å². The molecule has 0 spiro atoms. The lowest BCUT2D eigenvalue weighted by molar-refractivity contribution is 0.0968. The van der Waals surface area contributed by atoms with Gasteiger partial charge in [0.2, 0.25) is 0 Å². The Morgan fingerprint density at radius 1 is 1.05 bits per heavy atom. The third-order valence-corrected chi connectivity index (χ3v) is 7.27. The van der Waals surface area contributed by atoms with Gasteiger partial charge in [0.25, 0.3) is 0 Å². The quantitative estimate of drug-likeness (QED) is 0.506. The van der Waals surface area contributed by atoms with Crippen LogP contribution in [0.5, 0.6) is 0 Å². The molecule has 4 unspecified atom stereocenters. The first-order valence-electron chi connectivity index (χ1n) is 8.47. The van der Waals surface area contributed by atoms with Gasteiger partial charge >= 0.3 is 7.67 Å². The third-order valence-electron chi connectivity index (χ3n) is 5.22. The van der Waals surface area contributed by atoms with Crippen LogP contribution in [0.25, 0.3) is 0 Å². The molecule has 2 saturated carbocycles. The average molecular weight is 371 g/mol. The predicted octanol–water partition coefficient (Wildman–Crippen LogP) is 4.46. The van der Waals surface area contributed by atoms with Crippen LogP contribution in [0.1, 0.15) is 44.9 Å². The number of alkyl halides is 2. The fourth-order valence-corrected chi connectivity index (χ4v) is 5.99. The van der Waals surface area contributed by atoms with Gasteiger partial charge in [-0.2, -0.15) is 0 Å². The lowest BCUT2D eigenvalue weighted by Crippen LogP contribution is -2.32. The second-order valence-electron chi connectivity index (χ2n) is 6.68. The van der Waals surface area contributed by atoms with Crippen molar-refractivity contribution in [3.05, 3.63) is 0 Å². The minimum absolute atomic E-state index is 0.370. The predicted molar refractivity (Wildman–Crippen MR) is 93.5 cm³/mol. The summed E-state index contributed by atoms with van der Waals surface area (Å²) in [5.74, 6) is 2.99. The molecule has 130 valence electrons. The number of hydrogen-bond acceptors (Lipinski definition) is 2. The highest BCUT2D eigenvalue weighted by Gasteiger charge is 2.34. The molecule has 22 heavy (non-hydrogen) atoms. The molecule has 2 rings (SSSR count). The SMILES string of the molecule is NP(=O)(OCC1CCC2CCCCC2C1)N(CCCl)CCCl. The molecule has 0 bridgehead atoms. The molecular weight excluding hydrogens is 342 g/mol. The first-order valence-corrected chi connectivity index (χ1v) is 11.2. The molecule has 0 aromatic heterocycles. The topological polar surface area (TPSA) is 55.6 Å². The maximum atomic E-state index is 12.6. The van der Waals surface area contributed by atoms with Crippen molar-refractivity contribution < 1.29 is 9.09 Å². The third kappa shape index (κ3) is 5.36. The van der Waals surface area contributed by atoms with E-state index in [-0.39, 0.29) is 0 Å². The molecule has 2 N–H and O–H groups in total. The summed E-state index contributed by atoms with van der Waals surface area (Å²) in [6.07, 6.45) is 9.18. The van der Waals surface area contributed by atoms with Gasteiger partial charge in [0.1, 0.15) is 0 Å². The van der Waals surface area contributed by atoms with E-state index in [1.165, 1.54) is 44.9 Å². The Morgan fingerprint density at radius 3 is 2.32 bits per heavy atom. The van der Waals surface area contributed by atoms with Crippen LogP contribution >= 0.6 is 30.9 Å². The molecule has 0 saturated heterocycles. The molecule has 0 amide bonds. The summed E-state index contributed by atoms with van der Waals surface area (Å²) in [6.45, 7) is 1.38. The molecule has 2 aliphatic carbocycles. The smallest absolute Gasteiger partial charge is 0.306 e. The summed E-state index contributed by atoms with van der Waals surface area (Å²) >= 11 is 11.5. The van der Waals surface area contributed by atoms with Gasteiger partial charge in [-0.25, -0.2) is 10.2 Å².